The number of amides is 2. The van der Waals surface area contributed by atoms with Crippen LogP contribution in [0.15, 0.2) is 12.1 Å². The van der Waals surface area contributed by atoms with E-state index in [4.69, 9.17) is 9.72 Å². The smallest absolute Gasteiger partial charge is 0.317 e. The van der Waals surface area contributed by atoms with E-state index in [0.717, 1.165) is 55.4 Å². The van der Waals surface area contributed by atoms with Crippen molar-refractivity contribution in [1.29, 1.82) is 0 Å². The lowest BCUT2D eigenvalue weighted by molar-refractivity contribution is 0.189. The normalized spacial score (nSPS) is 15.0. The van der Waals surface area contributed by atoms with Crippen molar-refractivity contribution in [3.63, 3.8) is 0 Å². The summed E-state index contributed by atoms with van der Waals surface area (Å²) in [5, 5.41) is 4.13. The summed E-state index contributed by atoms with van der Waals surface area (Å²) in [6, 6.07) is 4.37. The number of aromatic nitrogens is 1. The fourth-order valence-electron chi connectivity index (χ4n) is 3.26. The number of ether oxygens (including phenoxy) is 1. The zero-order valence-electron chi connectivity index (χ0n) is 16.0. The highest BCUT2D eigenvalue weighted by Crippen LogP contribution is 2.36. The largest absolute Gasteiger partial charge is 0.494 e. The predicted molar refractivity (Wildman–Crippen MR) is 108 cm³/mol. The van der Waals surface area contributed by atoms with Crippen molar-refractivity contribution in [3.05, 3.63) is 17.7 Å². The summed E-state index contributed by atoms with van der Waals surface area (Å²) in [5.41, 5.74) is 2.15. The van der Waals surface area contributed by atoms with Crippen LogP contribution < -0.4 is 15.0 Å². The molecule has 0 atom stereocenters. The molecule has 1 saturated heterocycles. The highest BCUT2D eigenvalue weighted by molar-refractivity contribution is 7.22. The number of fused-ring (bicyclic) bond motifs is 1. The van der Waals surface area contributed by atoms with E-state index in [9.17, 15) is 4.79 Å². The third kappa shape index (κ3) is 3.72. The Kier molecular flexibility index (Phi) is 5.86. The first kappa shape index (κ1) is 18.8. The van der Waals surface area contributed by atoms with E-state index in [2.05, 4.69) is 37.1 Å². The Balaban J connectivity index is 1.67. The van der Waals surface area contributed by atoms with Gasteiger partial charge >= 0.3 is 6.03 Å². The third-order valence-electron chi connectivity index (χ3n) is 5.06. The number of hydrogen-bond donors (Lipinski definition) is 1. The lowest BCUT2D eigenvalue weighted by Gasteiger charge is -2.35. The highest BCUT2D eigenvalue weighted by Gasteiger charge is 2.24. The second kappa shape index (κ2) is 8.12. The van der Waals surface area contributed by atoms with Gasteiger partial charge in [0, 0.05) is 32.2 Å². The molecule has 2 amide bonds. The Morgan fingerprint density at radius 1 is 1.27 bits per heavy atom. The molecule has 1 aliphatic heterocycles. The quantitative estimate of drug-likeness (QED) is 0.866. The number of nitrogens with one attached hydrogen (secondary N) is 1. The molecule has 3 rings (SSSR count). The van der Waals surface area contributed by atoms with E-state index in [0.29, 0.717) is 0 Å². The Hall–Kier alpha value is -2.02. The SMILES string of the molecule is CCC(CC)NC(=O)N1CCN(c2nc3c(OC)ccc(C)c3s2)CC1. The lowest BCUT2D eigenvalue weighted by Crippen LogP contribution is -2.53. The molecule has 2 aromatic rings. The number of piperazine rings is 1. The topological polar surface area (TPSA) is 57.7 Å². The van der Waals surface area contributed by atoms with Crippen LogP contribution in [-0.4, -0.2) is 55.2 Å². The zero-order chi connectivity index (χ0) is 18.7. The molecule has 0 bridgehead atoms. The highest BCUT2D eigenvalue weighted by atomic mass is 32.1. The van der Waals surface area contributed by atoms with Crippen molar-refractivity contribution >= 4 is 32.7 Å². The van der Waals surface area contributed by atoms with Crippen LogP contribution in [0.25, 0.3) is 10.2 Å². The average Bonchev–Trinajstić information content (AvgIpc) is 3.13. The molecule has 0 unspecified atom stereocenters. The number of aryl methyl sites for hydroxylation is 1. The number of anilines is 1. The number of urea groups is 1. The minimum atomic E-state index is 0.0557. The van der Waals surface area contributed by atoms with Crippen LogP contribution in [0.3, 0.4) is 0 Å². The number of carbonyl (C=O) groups excluding carboxylic acids is 1. The van der Waals surface area contributed by atoms with Gasteiger partial charge in [0.2, 0.25) is 0 Å². The summed E-state index contributed by atoms with van der Waals surface area (Å²) in [6.45, 7) is 9.36. The van der Waals surface area contributed by atoms with Crippen LogP contribution >= 0.6 is 11.3 Å². The van der Waals surface area contributed by atoms with Gasteiger partial charge in [-0.1, -0.05) is 31.3 Å². The van der Waals surface area contributed by atoms with E-state index >= 15 is 0 Å². The van der Waals surface area contributed by atoms with Crippen molar-refractivity contribution < 1.29 is 9.53 Å². The number of hydrogen-bond acceptors (Lipinski definition) is 5. The zero-order valence-corrected chi connectivity index (χ0v) is 16.9. The van der Waals surface area contributed by atoms with Crippen molar-refractivity contribution in [2.45, 2.75) is 39.7 Å². The summed E-state index contributed by atoms with van der Waals surface area (Å²) in [7, 11) is 1.68. The van der Waals surface area contributed by atoms with Crippen LogP contribution in [0.1, 0.15) is 32.3 Å². The molecular weight excluding hydrogens is 348 g/mol. The molecule has 0 aliphatic carbocycles. The summed E-state index contributed by atoms with van der Waals surface area (Å²) in [6.07, 6.45) is 1.93. The maximum atomic E-state index is 12.4. The van der Waals surface area contributed by atoms with E-state index < -0.39 is 0 Å². The van der Waals surface area contributed by atoms with E-state index in [1.807, 2.05) is 11.0 Å². The summed E-state index contributed by atoms with van der Waals surface area (Å²) < 4.78 is 6.63. The Labute approximate surface area is 159 Å². The van der Waals surface area contributed by atoms with Gasteiger partial charge in [0.15, 0.2) is 5.13 Å². The number of carbonyl (C=O) groups is 1. The Morgan fingerprint density at radius 2 is 1.96 bits per heavy atom. The number of nitrogens with zero attached hydrogens (tertiary/aromatic N) is 3. The first-order chi connectivity index (χ1) is 12.6. The molecule has 26 heavy (non-hydrogen) atoms. The van der Waals surface area contributed by atoms with Crippen LogP contribution in [0.4, 0.5) is 9.93 Å². The van der Waals surface area contributed by atoms with Gasteiger partial charge in [-0.3, -0.25) is 0 Å². The number of methoxy groups -OCH3 is 1. The number of thiazole rings is 1. The van der Waals surface area contributed by atoms with Crippen molar-refractivity contribution in [2.24, 2.45) is 0 Å². The maximum Gasteiger partial charge on any atom is 0.317 e. The molecule has 0 radical (unpaired) electrons. The number of rotatable bonds is 5. The van der Waals surface area contributed by atoms with Gasteiger partial charge in [-0.2, -0.15) is 0 Å². The number of benzene rings is 1. The fraction of sp³-hybridized carbons (Fsp3) is 0.579. The summed E-state index contributed by atoms with van der Waals surface area (Å²) in [5.74, 6) is 0.816. The second-order valence-electron chi connectivity index (χ2n) is 6.70. The molecule has 1 aromatic carbocycles. The molecule has 1 N–H and O–H groups in total. The van der Waals surface area contributed by atoms with Crippen LogP contribution in [0.2, 0.25) is 0 Å². The first-order valence-electron chi connectivity index (χ1n) is 9.31. The summed E-state index contributed by atoms with van der Waals surface area (Å²) >= 11 is 1.70. The van der Waals surface area contributed by atoms with Gasteiger partial charge in [0.05, 0.1) is 11.8 Å². The van der Waals surface area contributed by atoms with Crippen molar-refractivity contribution in [2.75, 3.05) is 38.2 Å². The molecule has 2 heterocycles. The van der Waals surface area contributed by atoms with Gasteiger partial charge < -0.3 is 19.9 Å². The molecule has 1 fully saturated rings. The molecule has 1 aromatic heterocycles. The standard InChI is InChI=1S/C19H28N4O2S/c1-5-14(6-2)20-18(24)22-9-11-23(12-10-22)19-21-16-15(25-4)8-7-13(3)17(16)26-19/h7-8,14H,5-6,9-12H2,1-4H3,(H,20,24). The van der Waals surface area contributed by atoms with Crippen molar-refractivity contribution in [1.82, 2.24) is 15.2 Å². The molecule has 0 spiro atoms. The first-order valence-corrected chi connectivity index (χ1v) is 10.1. The Bertz CT molecular complexity index is 764. The van der Waals surface area contributed by atoms with Crippen LogP contribution in [0.5, 0.6) is 5.75 Å². The minimum Gasteiger partial charge on any atom is -0.494 e. The van der Waals surface area contributed by atoms with Gasteiger partial charge in [-0.25, -0.2) is 9.78 Å². The average molecular weight is 377 g/mol. The lowest BCUT2D eigenvalue weighted by atomic mass is 10.2. The van der Waals surface area contributed by atoms with Gasteiger partial charge in [-0.15, -0.1) is 0 Å². The second-order valence-corrected chi connectivity index (χ2v) is 7.67. The summed E-state index contributed by atoms with van der Waals surface area (Å²) in [4.78, 5) is 21.4. The minimum absolute atomic E-state index is 0.0557. The molecule has 6 nitrogen and oxygen atoms in total. The molecule has 1 aliphatic rings. The van der Waals surface area contributed by atoms with Crippen LogP contribution in [-0.2, 0) is 0 Å². The van der Waals surface area contributed by atoms with E-state index in [-0.39, 0.29) is 12.1 Å². The van der Waals surface area contributed by atoms with E-state index in [1.54, 1.807) is 18.4 Å². The fourth-order valence-corrected chi connectivity index (χ4v) is 4.36. The van der Waals surface area contributed by atoms with E-state index in [1.165, 1.54) is 10.3 Å². The predicted octanol–water partition coefficient (Wildman–Crippen LogP) is 3.63. The Morgan fingerprint density at radius 3 is 2.58 bits per heavy atom. The maximum absolute atomic E-state index is 12.4. The molecule has 0 saturated carbocycles. The van der Waals surface area contributed by atoms with Gasteiger partial charge in [0.1, 0.15) is 11.3 Å². The van der Waals surface area contributed by atoms with Gasteiger partial charge in [-0.05, 0) is 31.4 Å². The van der Waals surface area contributed by atoms with Gasteiger partial charge in [0.25, 0.3) is 0 Å². The monoisotopic (exact) mass is 376 g/mol. The molecular formula is C19H28N4O2S. The molecule has 142 valence electrons. The van der Waals surface area contributed by atoms with Crippen LogP contribution in [0, 0.1) is 6.92 Å². The van der Waals surface area contributed by atoms with Crippen molar-refractivity contribution in [3.8, 4) is 5.75 Å². The molecule has 7 heteroatoms. The third-order valence-corrected chi connectivity index (χ3v) is 6.31.